The average molecular weight is 653 g/mol. The van der Waals surface area contributed by atoms with Crippen molar-refractivity contribution in [2.75, 3.05) is 0 Å². The Morgan fingerprint density at radius 3 is 1.73 bits per heavy atom. The summed E-state index contributed by atoms with van der Waals surface area (Å²) in [7, 11) is 0. The van der Waals surface area contributed by atoms with Crippen molar-refractivity contribution in [2.24, 2.45) is 11.8 Å². The molecule has 244 valence electrons. The van der Waals surface area contributed by atoms with Crippen LogP contribution in [0.15, 0.2) is 103 Å². The van der Waals surface area contributed by atoms with E-state index < -0.39 is 0 Å². The molecule has 2 atom stereocenters. The molecule has 4 aromatic carbocycles. The first-order valence-corrected chi connectivity index (χ1v) is 18.2. The Labute approximate surface area is 288 Å². The van der Waals surface area contributed by atoms with Gasteiger partial charge >= 0.3 is 0 Å². The van der Waals surface area contributed by atoms with Crippen LogP contribution in [0.2, 0.25) is 0 Å². The molecule has 0 fully saturated rings. The largest absolute Gasteiger partial charge is 0.298 e. The van der Waals surface area contributed by atoms with Gasteiger partial charge in [0.25, 0.3) is 0 Å². The summed E-state index contributed by atoms with van der Waals surface area (Å²) in [6.07, 6.45) is 6.60. The number of rotatable bonds is 12. The predicted octanol–water partition coefficient (Wildman–Crippen LogP) is 10.6. The quantitative estimate of drug-likeness (QED) is 0.135. The molecular formula is C44H45FN2S. The zero-order chi connectivity index (χ0) is 33.8. The van der Waals surface area contributed by atoms with E-state index >= 15 is 4.39 Å². The lowest BCUT2D eigenvalue weighted by Crippen LogP contribution is -2.40. The van der Waals surface area contributed by atoms with Crippen molar-refractivity contribution in [2.45, 2.75) is 66.2 Å². The van der Waals surface area contributed by atoms with E-state index in [2.05, 4.69) is 70.2 Å². The van der Waals surface area contributed by atoms with E-state index in [0.29, 0.717) is 11.5 Å². The molecule has 5 aromatic rings. The summed E-state index contributed by atoms with van der Waals surface area (Å²) in [5.41, 5.74) is 7.77. The van der Waals surface area contributed by atoms with Crippen LogP contribution in [0.5, 0.6) is 0 Å². The Bertz CT molecular complexity index is 2070. The number of halogens is 1. The molecule has 4 heteroatoms. The maximum Gasteiger partial charge on any atom is 0.131 e. The number of aryl methyl sites for hydroxylation is 2. The molecule has 6 rings (SSSR count). The number of benzene rings is 4. The van der Waals surface area contributed by atoms with Crippen LogP contribution in [0.4, 0.5) is 4.39 Å². The van der Waals surface area contributed by atoms with Gasteiger partial charge in [-0.15, -0.1) is 11.3 Å². The number of fused-ring (bicyclic) bond motifs is 1. The molecule has 2 N–H and O–H groups in total. The minimum absolute atomic E-state index is 0.203. The highest BCUT2D eigenvalue weighted by atomic mass is 32.1. The van der Waals surface area contributed by atoms with Gasteiger partial charge in [-0.05, 0) is 94.0 Å². The van der Waals surface area contributed by atoms with Crippen molar-refractivity contribution in [3.63, 3.8) is 0 Å². The second-order valence-electron chi connectivity index (χ2n) is 13.4. The molecule has 0 bridgehead atoms. The lowest BCUT2D eigenvalue weighted by molar-refractivity contribution is 0.515. The minimum atomic E-state index is -0.207. The van der Waals surface area contributed by atoms with Gasteiger partial charge < -0.3 is 0 Å². The minimum Gasteiger partial charge on any atom is -0.298 e. The highest BCUT2D eigenvalue weighted by Crippen LogP contribution is 2.34. The Kier molecular flexibility index (Phi) is 10.3. The third kappa shape index (κ3) is 7.05. The Hall–Kier alpha value is -4.41. The molecular weight excluding hydrogens is 608 g/mol. The van der Waals surface area contributed by atoms with Gasteiger partial charge in [0.2, 0.25) is 0 Å². The number of hydrogen-bond acceptors (Lipinski definition) is 3. The van der Waals surface area contributed by atoms with Crippen molar-refractivity contribution >= 4 is 33.9 Å². The third-order valence-corrected chi connectivity index (χ3v) is 11.2. The Balaban J connectivity index is 1.31. The lowest BCUT2D eigenvalue weighted by Gasteiger charge is -2.19. The van der Waals surface area contributed by atoms with E-state index in [1.165, 1.54) is 24.0 Å². The topological polar surface area (TPSA) is 47.7 Å². The molecule has 0 saturated carbocycles. The van der Waals surface area contributed by atoms with Gasteiger partial charge in [0.1, 0.15) is 5.82 Å². The monoisotopic (exact) mass is 652 g/mol. The summed E-state index contributed by atoms with van der Waals surface area (Å²) >= 11 is 1.67. The fourth-order valence-corrected chi connectivity index (χ4v) is 7.53. The summed E-state index contributed by atoms with van der Waals surface area (Å²) in [5, 5.41) is 20.3. The highest BCUT2D eigenvalue weighted by molar-refractivity contribution is 7.17. The maximum absolute atomic E-state index is 15.2. The van der Waals surface area contributed by atoms with Gasteiger partial charge in [-0.2, -0.15) is 0 Å². The second-order valence-corrected chi connectivity index (χ2v) is 14.5. The van der Waals surface area contributed by atoms with Crippen LogP contribution in [0.25, 0.3) is 32.7 Å². The van der Waals surface area contributed by atoms with Crippen molar-refractivity contribution in [1.82, 2.24) is 0 Å². The van der Waals surface area contributed by atoms with Crippen LogP contribution in [0.1, 0.15) is 74.9 Å². The lowest BCUT2D eigenvalue weighted by atomic mass is 9.85. The molecule has 1 aromatic heterocycles. The first-order valence-electron chi connectivity index (χ1n) is 17.4. The van der Waals surface area contributed by atoms with Crippen molar-refractivity contribution in [3.05, 3.63) is 141 Å². The molecule has 2 nitrogen and oxygen atoms in total. The van der Waals surface area contributed by atoms with E-state index in [1.807, 2.05) is 54.6 Å². The van der Waals surface area contributed by atoms with Crippen molar-refractivity contribution < 1.29 is 4.39 Å². The third-order valence-electron chi connectivity index (χ3n) is 10.1. The molecule has 1 aliphatic rings. The van der Waals surface area contributed by atoms with E-state index in [-0.39, 0.29) is 17.2 Å². The van der Waals surface area contributed by atoms with E-state index in [0.717, 1.165) is 79.6 Å². The molecule has 2 unspecified atom stereocenters. The maximum atomic E-state index is 15.2. The van der Waals surface area contributed by atoms with E-state index in [4.69, 9.17) is 0 Å². The summed E-state index contributed by atoms with van der Waals surface area (Å²) < 4.78 is 15.2. The van der Waals surface area contributed by atoms with Gasteiger partial charge in [-0.3, -0.25) is 10.8 Å². The van der Waals surface area contributed by atoms with Gasteiger partial charge in [-0.25, -0.2) is 4.39 Å². The van der Waals surface area contributed by atoms with Gasteiger partial charge in [0.05, 0.1) is 11.4 Å². The first kappa shape index (κ1) is 33.5. The van der Waals surface area contributed by atoms with Crippen LogP contribution in [-0.4, -0.2) is 11.4 Å². The zero-order valence-electron chi connectivity index (χ0n) is 28.5. The summed E-state index contributed by atoms with van der Waals surface area (Å²) in [6.45, 7) is 9.00. The molecule has 48 heavy (non-hydrogen) atoms. The summed E-state index contributed by atoms with van der Waals surface area (Å²) in [5.74, 6) is 1.16. The molecule has 1 heterocycles. The molecule has 0 spiro atoms. The molecule has 0 amide bonds. The van der Waals surface area contributed by atoms with Crippen molar-refractivity contribution in [3.8, 4) is 21.6 Å². The van der Waals surface area contributed by atoms with Gasteiger partial charge in [-0.1, -0.05) is 125 Å². The predicted molar refractivity (Wildman–Crippen MR) is 203 cm³/mol. The number of hydrogen-bond donors (Lipinski definition) is 2. The molecule has 0 aliphatic heterocycles. The molecule has 0 saturated heterocycles. The fraction of sp³-hybridized carbons (Fsp3) is 0.273. The highest BCUT2D eigenvalue weighted by Gasteiger charge is 2.25. The Morgan fingerprint density at radius 2 is 1.10 bits per heavy atom. The zero-order valence-corrected chi connectivity index (χ0v) is 29.3. The fourth-order valence-electron chi connectivity index (χ4n) is 6.46. The SMILES string of the molecule is CCC(C)CCc1ccc(-c2ccc(C3=c4ccccc4=C(c4ccc(-c5ccc(CCC(C)CC)cc5F)cc4)C(=N)C3=N)s2)cc1. The van der Waals surface area contributed by atoms with Crippen molar-refractivity contribution in [1.29, 1.82) is 10.8 Å². The normalized spacial score (nSPS) is 14.3. The second kappa shape index (κ2) is 14.8. The van der Waals surface area contributed by atoms with Gasteiger partial charge in [0.15, 0.2) is 0 Å². The van der Waals surface area contributed by atoms with Crippen LogP contribution >= 0.6 is 11.3 Å². The van der Waals surface area contributed by atoms with E-state index in [9.17, 15) is 10.8 Å². The van der Waals surface area contributed by atoms with Crippen LogP contribution in [0.3, 0.4) is 0 Å². The van der Waals surface area contributed by atoms with Gasteiger partial charge in [0, 0.05) is 26.5 Å². The smallest absolute Gasteiger partial charge is 0.131 e. The molecule has 0 radical (unpaired) electrons. The van der Waals surface area contributed by atoms with Crippen LogP contribution in [-0.2, 0) is 12.8 Å². The standard InChI is InChI=1S/C44H45FN2S/c1-5-28(3)11-13-30-15-18-33(19-16-30)39-25-26-40(48-39)42-37-10-8-7-9-36(37)41(43(46)44(42)47)34-22-20-32(21-23-34)35-24-17-31(27-38(35)45)14-12-29(4)6-2/h7-10,15-29,46-47H,5-6,11-14H2,1-4H3. The van der Waals surface area contributed by atoms with E-state index in [1.54, 1.807) is 17.4 Å². The summed E-state index contributed by atoms with van der Waals surface area (Å²) in [4.78, 5) is 2.15. The Morgan fingerprint density at radius 1 is 0.583 bits per heavy atom. The number of nitrogens with one attached hydrogen (secondary N) is 2. The van der Waals surface area contributed by atoms with Crippen LogP contribution < -0.4 is 10.4 Å². The summed E-state index contributed by atoms with van der Waals surface area (Å²) in [6, 6.07) is 34.6. The first-order chi connectivity index (χ1) is 23.3. The molecule has 1 aliphatic carbocycles. The van der Waals surface area contributed by atoms with Crippen LogP contribution in [0, 0.1) is 28.5 Å². The number of thiophene rings is 1. The average Bonchev–Trinajstić information content (AvgIpc) is 3.60.